The van der Waals surface area contributed by atoms with Crippen molar-refractivity contribution < 1.29 is 4.74 Å². The maximum absolute atomic E-state index is 5.69. The highest BCUT2D eigenvalue weighted by Gasteiger charge is 2.05. The van der Waals surface area contributed by atoms with Crippen molar-refractivity contribution in [1.29, 1.82) is 0 Å². The summed E-state index contributed by atoms with van der Waals surface area (Å²) >= 11 is 0. The Balaban J connectivity index is 0.00000338. The smallest absolute Gasteiger partial charge is 0.191 e. The summed E-state index contributed by atoms with van der Waals surface area (Å²) in [4.78, 5) is 11.0. The number of nitrogens with one attached hydrogen (secondary N) is 2. The molecule has 0 aliphatic heterocycles. The second kappa shape index (κ2) is 12.3. The summed E-state index contributed by atoms with van der Waals surface area (Å²) in [7, 11) is 3.97. The summed E-state index contributed by atoms with van der Waals surface area (Å²) in [6.07, 6.45) is 1.80. The number of rotatable bonds is 8. The molecule has 1 heterocycles. The Morgan fingerprint density at radius 3 is 2.58 bits per heavy atom. The van der Waals surface area contributed by atoms with E-state index in [2.05, 4.69) is 20.6 Å². The first-order valence-electron chi connectivity index (χ1n) is 8.52. The lowest BCUT2D eigenvalue weighted by molar-refractivity contribution is 0.322. The third kappa shape index (κ3) is 7.47. The van der Waals surface area contributed by atoms with E-state index in [1.165, 1.54) is 0 Å². The Labute approximate surface area is 173 Å². The van der Waals surface area contributed by atoms with Crippen molar-refractivity contribution in [2.45, 2.75) is 13.5 Å². The number of pyridine rings is 1. The van der Waals surface area contributed by atoms with Crippen LogP contribution >= 0.6 is 24.0 Å². The Kier molecular flexibility index (Phi) is 10.5. The number of hydrogen-bond acceptors (Lipinski definition) is 4. The predicted molar refractivity (Wildman–Crippen MR) is 119 cm³/mol. The Morgan fingerprint density at radius 1 is 1.12 bits per heavy atom. The molecule has 2 aromatic rings. The van der Waals surface area contributed by atoms with Crippen LogP contribution in [0.3, 0.4) is 0 Å². The standard InChI is InChI=1S/C19H27N5O.HI/c1-4-20-19(22-13-14-25-17-10-6-5-7-11-17)23-15-16-9-8-12-21-18(16)24(2)3;/h5-12H,4,13-15H2,1-3H3,(H2,20,22,23);1H. The molecule has 0 aliphatic carbocycles. The number of anilines is 1. The van der Waals surface area contributed by atoms with Crippen LogP contribution in [0.2, 0.25) is 0 Å². The number of halogens is 1. The number of benzene rings is 1. The molecule has 1 aromatic heterocycles. The van der Waals surface area contributed by atoms with Gasteiger partial charge in [-0.2, -0.15) is 0 Å². The van der Waals surface area contributed by atoms with Gasteiger partial charge in [0.25, 0.3) is 0 Å². The molecule has 0 radical (unpaired) electrons. The SMILES string of the molecule is CCNC(=NCc1cccnc1N(C)C)NCCOc1ccccc1.I. The molecule has 7 heteroatoms. The maximum Gasteiger partial charge on any atom is 0.191 e. The summed E-state index contributed by atoms with van der Waals surface area (Å²) < 4.78 is 5.69. The van der Waals surface area contributed by atoms with Crippen molar-refractivity contribution in [3.63, 3.8) is 0 Å². The van der Waals surface area contributed by atoms with Crippen LogP contribution in [0.15, 0.2) is 53.7 Å². The average Bonchev–Trinajstić information content (AvgIpc) is 2.64. The monoisotopic (exact) mass is 469 g/mol. The largest absolute Gasteiger partial charge is 0.492 e. The lowest BCUT2D eigenvalue weighted by Gasteiger charge is -2.16. The van der Waals surface area contributed by atoms with Crippen LogP contribution < -0.4 is 20.3 Å². The molecule has 0 atom stereocenters. The zero-order valence-electron chi connectivity index (χ0n) is 15.6. The summed E-state index contributed by atoms with van der Waals surface area (Å²) in [5.74, 6) is 2.58. The van der Waals surface area contributed by atoms with Crippen LogP contribution in [0, 0.1) is 0 Å². The van der Waals surface area contributed by atoms with Crippen LogP contribution in [-0.4, -0.2) is 44.7 Å². The summed E-state index contributed by atoms with van der Waals surface area (Å²) in [6.45, 7) is 4.67. The summed E-state index contributed by atoms with van der Waals surface area (Å²) in [6, 6.07) is 13.8. The normalized spacial score (nSPS) is 10.7. The molecule has 0 bridgehead atoms. The predicted octanol–water partition coefficient (Wildman–Crippen LogP) is 2.90. The first kappa shape index (κ1) is 22.0. The van der Waals surface area contributed by atoms with Crippen LogP contribution in [0.5, 0.6) is 5.75 Å². The topological polar surface area (TPSA) is 61.8 Å². The highest BCUT2D eigenvalue weighted by Crippen LogP contribution is 2.15. The highest BCUT2D eigenvalue weighted by molar-refractivity contribution is 14.0. The Hall–Kier alpha value is -2.03. The zero-order valence-corrected chi connectivity index (χ0v) is 17.9. The fourth-order valence-electron chi connectivity index (χ4n) is 2.32. The first-order valence-corrected chi connectivity index (χ1v) is 8.52. The van der Waals surface area contributed by atoms with Gasteiger partial charge in [0.15, 0.2) is 5.96 Å². The van der Waals surface area contributed by atoms with E-state index in [-0.39, 0.29) is 24.0 Å². The number of aromatic nitrogens is 1. The van der Waals surface area contributed by atoms with Gasteiger partial charge >= 0.3 is 0 Å². The van der Waals surface area contributed by atoms with E-state index in [0.29, 0.717) is 19.7 Å². The Morgan fingerprint density at radius 2 is 1.88 bits per heavy atom. The fraction of sp³-hybridized carbons (Fsp3) is 0.368. The summed E-state index contributed by atoms with van der Waals surface area (Å²) in [5, 5.41) is 6.54. The minimum Gasteiger partial charge on any atom is -0.492 e. The van der Waals surface area contributed by atoms with Crippen molar-refractivity contribution >= 4 is 35.8 Å². The molecule has 0 spiro atoms. The van der Waals surface area contributed by atoms with Gasteiger partial charge in [-0.15, -0.1) is 24.0 Å². The molecule has 6 nitrogen and oxygen atoms in total. The lowest BCUT2D eigenvalue weighted by atomic mass is 10.2. The van der Waals surface area contributed by atoms with E-state index in [9.17, 15) is 0 Å². The minimum absolute atomic E-state index is 0. The van der Waals surface area contributed by atoms with E-state index in [4.69, 9.17) is 4.74 Å². The van der Waals surface area contributed by atoms with E-state index >= 15 is 0 Å². The van der Waals surface area contributed by atoms with Gasteiger partial charge < -0.3 is 20.3 Å². The van der Waals surface area contributed by atoms with Gasteiger partial charge in [-0.25, -0.2) is 9.98 Å². The molecule has 142 valence electrons. The minimum atomic E-state index is 0. The molecular weight excluding hydrogens is 441 g/mol. The molecular formula is C19H28IN5O. The Bertz CT molecular complexity index is 664. The van der Waals surface area contributed by atoms with Crippen molar-refractivity contribution in [2.24, 2.45) is 4.99 Å². The summed E-state index contributed by atoms with van der Waals surface area (Å²) in [5.41, 5.74) is 1.09. The highest BCUT2D eigenvalue weighted by atomic mass is 127. The number of guanidine groups is 1. The molecule has 2 N–H and O–H groups in total. The van der Waals surface area contributed by atoms with E-state index in [1.54, 1.807) is 6.20 Å². The first-order chi connectivity index (χ1) is 12.2. The second-order valence-corrected chi connectivity index (χ2v) is 5.66. The molecule has 0 saturated carbocycles. The molecule has 0 unspecified atom stereocenters. The van der Waals surface area contributed by atoms with Crippen molar-refractivity contribution in [2.75, 3.05) is 38.7 Å². The van der Waals surface area contributed by atoms with Crippen LogP contribution in [-0.2, 0) is 6.54 Å². The fourth-order valence-corrected chi connectivity index (χ4v) is 2.32. The maximum atomic E-state index is 5.69. The zero-order chi connectivity index (χ0) is 17.9. The molecule has 0 saturated heterocycles. The van der Waals surface area contributed by atoms with Gasteiger partial charge in [-0.05, 0) is 25.1 Å². The number of hydrogen-bond donors (Lipinski definition) is 2. The van der Waals surface area contributed by atoms with Gasteiger partial charge in [0.05, 0.1) is 13.1 Å². The number of aliphatic imine (C=N–C) groups is 1. The van der Waals surface area contributed by atoms with Crippen LogP contribution in [0.1, 0.15) is 12.5 Å². The number of para-hydroxylation sites is 1. The number of nitrogens with zero attached hydrogens (tertiary/aromatic N) is 3. The quantitative estimate of drug-likeness (QED) is 0.270. The van der Waals surface area contributed by atoms with E-state index < -0.39 is 0 Å². The van der Waals surface area contributed by atoms with E-state index in [1.807, 2.05) is 68.4 Å². The van der Waals surface area contributed by atoms with Gasteiger partial charge in [0.1, 0.15) is 18.2 Å². The van der Waals surface area contributed by atoms with Crippen LogP contribution in [0.25, 0.3) is 0 Å². The van der Waals surface area contributed by atoms with Gasteiger partial charge in [-0.1, -0.05) is 24.3 Å². The number of ether oxygens (including phenoxy) is 1. The van der Waals surface area contributed by atoms with Gasteiger partial charge in [0.2, 0.25) is 0 Å². The molecule has 0 fully saturated rings. The third-order valence-corrected chi connectivity index (χ3v) is 3.45. The van der Waals surface area contributed by atoms with Crippen molar-refractivity contribution in [1.82, 2.24) is 15.6 Å². The molecule has 26 heavy (non-hydrogen) atoms. The van der Waals surface area contributed by atoms with Gasteiger partial charge in [0, 0.05) is 32.4 Å². The molecule has 1 aromatic carbocycles. The van der Waals surface area contributed by atoms with E-state index in [0.717, 1.165) is 29.6 Å². The second-order valence-electron chi connectivity index (χ2n) is 5.66. The van der Waals surface area contributed by atoms with Crippen molar-refractivity contribution in [3.8, 4) is 5.75 Å². The van der Waals surface area contributed by atoms with Gasteiger partial charge in [-0.3, -0.25) is 0 Å². The van der Waals surface area contributed by atoms with Crippen LogP contribution in [0.4, 0.5) is 5.82 Å². The molecule has 0 aliphatic rings. The average molecular weight is 469 g/mol. The third-order valence-electron chi connectivity index (χ3n) is 3.45. The van der Waals surface area contributed by atoms with Crippen molar-refractivity contribution in [3.05, 3.63) is 54.2 Å². The molecule has 0 amide bonds. The lowest BCUT2D eigenvalue weighted by Crippen LogP contribution is -2.39. The molecule has 2 rings (SSSR count).